The predicted octanol–water partition coefficient (Wildman–Crippen LogP) is 4.14. The Hall–Kier alpha value is -1.87. The predicted molar refractivity (Wildman–Crippen MR) is 90.3 cm³/mol. The summed E-state index contributed by atoms with van der Waals surface area (Å²) in [4.78, 5) is 6.73. The third-order valence-corrected chi connectivity index (χ3v) is 3.72. The molecule has 0 saturated carbocycles. The van der Waals surface area contributed by atoms with Gasteiger partial charge < -0.3 is 10.2 Å². The topological polar surface area (TPSA) is 28.2 Å². The first kappa shape index (κ1) is 15.5. The molecule has 0 saturated heterocycles. The van der Waals surface area contributed by atoms with Gasteiger partial charge in [0.05, 0.1) is 0 Å². The van der Waals surface area contributed by atoms with Crippen LogP contribution < -0.4 is 10.2 Å². The molecule has 1 N–H and O–H groups in total. The van der Waals surface area contributed by atoms with Gasteiger partial charge in [-0.1, -0.05) is 19.1 Å². The second-order valence-corrected chi connectivity index (χ2v) is 5.63. The van der Waals surface area contributed by atoms with Crippen molar-refractivity contribution in [1.29, 1.82) is 0 Å². The summed E-state index contributed by atoms with van der Waals surface area (Å²) in [6.07, 6.45) is 1.96. The third-order valence-electron chi connectivity index (χ3n) is 3.72. The van der Waals surface area contributed by atoms with E-state index >= 15 is 0 Å². The van der Waals surface area contributed by atoms with E-state index in [1.54, 1.807) is 0 Å². The quantitative estimate of drug-likeness (QED) is 0.894. The number of rotatable bonds is 5. The van der Waals surface area contributed by atoms with Crippen molar-refractivity contribution in [2.24, 2.45) is 0 Å². The van der Waals surface area contributed by atoms with Crippen LogP contribution in [-0.4, -0.2) is 18.6 Å². The van der Waals surface area contributed by atoms with Gasteiger partial charge in [-0.15, -0.1) is 0 Å². The van der Waals surface area contributed by atoms with Gasteiger partial charge in [-0.25, -0.2) is 4.98 Å². The molecule has 1 aromatic heterocycles. The van der Waals surface area contributed by atoms with Crippen LogP contribution in [0, 0.1) is 13.8 Å². The van der Waals surface area contributed by atoms with Gasteiger partial charge in [0.1, 0.15) is 5.82 Å². The highest BCUT2D eigenvalue weighted by molar-refractivity contribution is 5.61. The number of nitrogens with one attached hydrogen (secondary N) is 1. The van der Waals surface area contributed by atoms with Crippen molar-refractivity contribution in [3.05, 3.63) is 53.2 Å². The molecular weight excluding hydrogens is 258 g/mol. The highest BCUT2D eigenvalue weighted by Gasteiger charge is 2.08. The Kier molecular flexibility index (Phi) is 4.97. The molecule has 0 fully saturated rings. The van der Waals surface area contributed by atoms with Crippen molar-refractivity contribution >= 4 is 11.5 Å². The minimum Gasteiger partial charge on any atom is -0.329 e. The number of hydrogen-bond donors (Lipinski definition) is 1. The smallest absolute Gasteiger partial charge is 0.132 e. The molecule has 0 aliphatic rings. The monoisotopic (exact) mass is 283 g/mol. The van der Waals surface area contributed by atoms with Gasteiger partial charge in [0, 0.05) is 25.0 Å². The molecule has 3 heteroatoms. The first-order chi connectivity index (χ1) is 10.0. The first-order valence-corrected chi connectivity index (χ1v) is 7.52. The number of nitrogens with zero attached hydrogens (tertiary/aromatic N) is 2. The highest BCUT2D eigenvalue weighted by Crippen LogP contribution is 2.24. The van der Waals surface area contributed by atoms with Crippen molar-refractivity contribution in [3.8, 4) is 0 Å². The van der Waals surface area contributed by atoms with Crippen LogP contribution in [0.3, 0.4) is 0 Å². The van der Waals surface area contributed by atoms with Gasteiger partial charge in [0.15, 0.2) is 0 Å². The summed E-state index contributed by atoms with van der Waals surface area (Å²) in [5, 5.41) is 3.40. The molecule has 0 amide bonds. The molecule has 1 heterocycles. The van der Waals surface area contributed by atoms with E-state index in [9.17, 15) is 0 Å². The maximum Gasteiger partial charge on any atom is 0.132 e. The summed E-state index contributed by atoms with van der Waals surface area (Å²) in [5.41, 5.74) is 4.94. The van der Waals surface area contributed by atoms with E-state index in [1.807, 2.05) is 6.20 Å². The minimum atomic E-state index is 0.336. The Morgan fingerprint density at radius 3 is 2.33 bits per heavy atom. The van der Waals surface area contributed by atoms with Crippen molar-refractivity contribution in [2.75, 3.05) is 18.5 Å². The van der Waals surface area contributed by atoms with E-state index in [4.69, 9.17) is 0 Å². The lowest BCUT2D eigenvalue weighted by molar-refractivity contribution is 0.596. The van der Waals surface area contributed by atoms with E-state index in [1.165, 1.54) is 22.4 Å². The molecule has 0 bridgehead atoms. The Morgan fingerprint density at radius 1 is 1.14 bits per heavy atom. The van der Waals surface area contributed by atoms with Crippen LogP contribution in [0.5, 0.6) is 0 Å². The summed E-state index contributed by atoms with van der Waals surface area (Å²) >= 11 is 0. The van der Waals surface area contributed by atoms with Gasteiger partial charge in [-0.2, -0.15) is 0 Å². The van der Waals surface area contributed by atoms with E-state index in [-0.39, 0.29) is 0 Å². The van der Waals surface area contributed by atoms with Crippen molar-refractivity contribution in [1.82, 2.24) is 10.3 Å². The molecule has 112 valence electrons. The van der Waals surface area contributed by atoms with E-state index in [0.717, 1.165) is 12.4 Å². The number of anilines is 2. The summed E-state index contributed by atoms with van der Waals surface area (Å²) < 4.78 is 0. The number of pyridine rings is 1. The van der Waals surface area contributed by atoms with Gasteiger partial charge in [0.2, 0.25) is 0 Å². The van der Waals surface area contributed by atoms with Crippen LogP contribution in [0.1, 0.15) is 36.6 Å². The van der Waals surface area contributed by atoms with E-state index in [2.05, 4.69) is 80.3 Å². The average Bonchev–Trinajstić information content (AvgIpc) is 2.46. The maximum atomic E-state index is 4.60. The molecule has 0 spiro atoms. The molecule has 1 atom stereocenters. The van der Waals surface area contributed by atoms with Crippen LogP contribution in [0.15, 0.2) is 36.5 Å². The Morgan fingerprint density at radius 2 is 1.81 bits per heavy atom. The van der Waals surface area contributed by atoms with Gasteiger partial charge in [-0.05, 0) is 62.2 Å². The molecule has 21 heavy (non-hydrogen) atoms. The van der Waals surface area contributed by atoms with Crippen molar-refractivity contribution in [3.63, 3.8) is 0 Å². The van der Waals surface area contributed by atoms with Crippen molar-refractivity contribution < 1.29 is 0 Å². The van der Waals surface area contributed by atoms with Crippen molar-refractivity contribution in [2.45, 2.75) is 33.7 Å². The second kappa shape index (κ2) is 6.72. The fraction of sp³-hybridized carbons (Fsp3) is 0.389. The molecule has 0 radical (unpaired) electrons. The second-order valence-electron chi connectivity index (χ2n) is 5.63. The molecule has 2 aromatic rings. The first-order valence-electron chi connectivity index (χ1n) is 7.52. The molecule has 2 rings (SSSR count). The lowest BCUT2D eigenvalue weighted by atomic mass is 10.1. The fourth-order valence-electron chi connectivity index (χ4n) is 2.55. The molecule has 1 aromatic carbocycles. The largest absolute Gasteiger partial charge is 0.329 e. The number of benzene rings is 1. The number of aryl methyl sites for hydroxylation is 2. The molecule has 0 aliphatic heterocycles. The average molecular weight is 283 g/mol. The van der Waals surface area contributed by atoms with Crippen LogP contribution in [0.2, 0.25) is 0 Å². The Bertz CT molecular complexity index is 570. The Labute approximate surface area is 128 Å². The van der Waals surface area contributed by atoms with Gasteiger partial charge in [0.25, 0.3) is 0 Å². The maximum absolute atomic E-state index is 4.60. The third kappa shape index (κ3) is 3.82. The zero-order chi connectivity index (χ0) is 15.4. The lowest BCUT2D eigenvalue weighted by Crippen LogP contribution is -2.18. The summed E-state index contributed by atoms with van der Waals surface area (Å²) in [6.45, 7) is 9.49. The molecular formula is C18H25N3. The summed E-state index contributed by atoms with van der Waals surface area (Å²) in [6, 6.07) is 11.1. The van der Waals surface area contributed by atoms with Crippen LogP contribution in [-0.2, 0) is 0 Å². The summed E-state index contributed by atoms with van der Waals surface area (Å²) in [5.74, 6) is 0.965. The standard InChI is InChI=1S/C18H25N3/c1-6-19-15(4)16-7-8-18(20-12-16)21(5)17-10-13(2)9-14(3)11-17/h7-12,15,19H,6H2,1-5H3. The van der Waals surface area contributed by atoms with E-state index < -0.39 is 0 Å². The zero-order valence-corrected chi connectivity index (χ0v) is 13.6. The molecule has 3 nitrogen and oxygen atoms in total. The van der Waals surface area contributed by atoms with Gasteiger partial charge in [-0.3, -0.25) is 0 Å². The fourth-order valence-corrected chi connectivity index (χ4v) is 2.55. The van der Waals surface area contributed by atoms with E-state index in [0.29, 0.717) is 6.04 Å². The Balaban J connectivity index is 2.21. The lowest BCUT2D eigenvalue weighted by Gasteiger charge is -2.20. The van der Waals surface area contributed by atoms with Gasteiger partial charge >= 0.3 is 0 Å². The highest BCUT2D eigenvalue weighted by atomic mass is 15.2. The SMILES string of the molecule is CCNC(C)c1ccc(N(C)c2cc(C)cc(C)c2)nc1. The number of hydrogen-bond acceptors (Lipinski definition) is 3. The molecule has 1 unspecified atom stereocenters. The summed E-state index contributed by atoms with van der Waals surface area (Å²) in [7, 11) is 2.06. The number of aromatic nitrogens is 1. The molecule has 0 aliphatic carbocycles. The van der Waals surface area contributed by atoms with Crippen LogP contribution >= 0.6 is 0 Å². The zero-order valence-electron chi connectivity index (χ0n) is 13.6. The van der Waals surface area contributed by atoms with Crippen LogP contribution in [0.4, 0.5) is 11.5 Å². The van der Waals surface area contributed by atoms with Crippen LogP contribution in [0.25, 0.3) is 0 Å². The normalized spacial score (nSPS) is 12.2. The minimum absolute atomic E-state index is 0.336.